The minimum Gasteiger partial charge on any atom is -0.444 e. The molecule has 0 heterocycles. The van der Waals surface area contributed by atoms with Gasteiger partial charge in [-0.25, -0.2) is 4.79 Å². The van der Waals surface area contributed by atoms with E-state index >= 15 is 0 Å². The van der Waals surface area contributed by atoms with Crippen molar-refractivity contribution in [3.05, 3.63) is 29.8 Å². The van der Waals surface area contributed by atoms with Crippen molar-refractivity contribution in [2.45, 2.75) is 46.8 Å². The topological polar surface area (TPSA) is 64.3 Å². The van der Waals surface area contributed by atoms with Gasteiger partial charge in [-0.2, -0.15) is 0 Å². The number of carbonyl (C=O) groups excluding carboxylic acids is 1. The Balaban J connectivity index is 0.00000137. The van der Waals surface area contributed by atoms with Gasteiger partial charge in [0.15, 0.2) is 0 Å². The van der Waals surface area contributed by atoms with Gasteiger partial charge in [0, 0.05) is 12.2 Å². The van der Waals surface area contributed by atoms with Crippen LogP contribution in [0.1, 0.15) is 40.2 Å². The maximum absolute atomic E-state index is 11.3. The Morgan fingerprint density at radius 3 is 2.17 bits per heavy atom. The minimum atomic E-state index is -0.467. The zero-order chi connectivity index (χ0) is 14.2. The van der Waals surface area contributed by atoms with E-state index in [0.29, 0.717) is 12.2 Å². The minimum absolute atomic E-state index is 0.413. The molecule has 0 atom stereocenters. The summed E-state index contributed by atoms with van der Waals surface area (Å²) in [4.78, 5) is 11.3. The van der Waals surface area contributed by atoms with Crippen LogP contribution in [-0.4, -0.2) is 11.7 Å². The van der Waals surface area contributed by atoms with E-state index in [1.807, 2.05) is 46.8 Å². The molecule has 0 radical (unpaired) electrons. The van der Waals surface area contributed by atoms with Gasteiger partial charge in [0.25, 0.3) is 0 Å². The average molecular weight is 252 g/mol. The molecule has 0 aliphatic carbocycles. The standard InChI is InChI=1S/C12H18N2O2.C2H6/c1-12(2,3)16-11(15)14-8-9-4-6-10(13)7-5-9;1-2/h4-7H,8,13H2,1-3H3,(H,14,15);1-2H3. The number of hydrogen-bond donors (Lipinski definition) is 2. The van der Waals surface area contributed by atoms with Crippen molar-refractivity contribution in [3.8, 4) is 0 Å². The number of alkyl carbamates (subject to hydrolysis) is 1. The molecule has 0 bridgehead atoms. The second-order valence-electron chi connectivity index (χ2n) is 4.60. The van der Waals surface area contributed by atoms with Crippen LogP contribution in [0.3, 0.4) is 0 Å². The summed E-state index contributed by atoms with van der Waals surface area (Å²) in [6.45, 7) is 9.93. The molecule has 0 unspecified atom stereocenters. The first kappa shape index (κ1) is 16.3. The molecule has 102 valence electrons. The van der Waals surface area contributed by atoms with E-state index < -0.39 is 11.7 Å². The molecule has 3 N–H and O–H groups in total. The van der Waals surface area contributed by atoms with Crippen molar-refractivity contribution in [2.75, 3.05) is 5.73 Å². The van der Waals surface area contributed by atoms with Gasteiger partial charge in [0.2, 0.25) is 0 Å². The lowest BCUT2D eigenvalue weighted by Crippen LogP contribution is -2.32. The monoisotopic (exact) mass is 252 g/mol. The molecular formula is C14H24N2O2. The quantitative estimate of drug-likeness (QED) is 0.794. The Morgan fingerprint density at radius 1 is 1.22 bits per heavy atom. The number of nitrogens with one attached hydrogen (secondary N) is 1. The van der Waals surface area contributed by atoms with Gasteiger partial charge in [0.05, 0.1) is 0 Å². The van der Waals surface area contributed by atoms with Crippen molar-refractivity contribution < 1.29 is 9.53 Å². The Bertz CT molecular complexity index is 353. The van der Waals surface area contributed by atoms with E-state index in [1.54, 1.807) is 12.1 Å². The van der Waals surface area contributed by atoms with Gasteiger partial charge in [-0.15, -0.1) is 0 Å². The first-order valence-corrected chi connectivity index (χ1v) is 6.18. The molecule has 0 aliphatic rings. The lowest BCUT2D eigenvalue weighted by Gasteiger charge is -2.19. The molecular weight excluding hydrogens is 228 g/mol. The highest BCUT2D eigenvalue weighted by molar-refractivity contribution is 5.67. The summed E-state index contributed by atoms with van der Waals surface area (Å²) in [5.74, 6) is 0. The molecule has 0 aliphatic heterocycles. The van der Waals surface area contributed by atoms with Crippen molar-refractivity contribution in [3.63, 3.8) is 0 Å². The number of benzene rings is 1. The Labute approximate surface area is 110 Å². The Hall–Kier alpha value is -1.71. The number of amides is 1. The lowest BCUT2D eigenvalue weighted by molar-refractivity contribution is 0.0523. The lowest BCUT2D eigenvalue weighted by atomic mass is 10.2. The van der Waals surface area contributed by atoms with Crippen LogP contribution in [0.25, 0.3) is 0 Å². The highest BCUT2D eigenvalue weighted by Crippen LogP contribution is 2.08. The number of ether oxygens (including phenoxy) is 1. The molecule has 4 heteroatoms. The van der Waals surface area contributed by atoms with Crippen LogP contribution in [0.5, 0.6) is 0 Å². The molecule has 0 saturated heterocycles. The highest BCUT2D eigenvalue weighted by Gasteiger charge is 2.15. The molecule has 0 spiro atoms. The third-order valence-corrected chi connectivity index (χ3v) is 1.82. The number of nitrogen functional groups attached to an aromatic ring is 1. The molecule has 1 aromatic rings. The second kappa shape index (κ2) is 7.58. The fraction of sp³-hybridized carbons (Fsp3) is 0.500. The number of carbonyl (C=O) groups is 1. The van der Waals surface area contributed by atoms with Crippen molar-refractivity contribution >= 4 is 11.8 Å². The summed E-state index contributed by atoms with van der Waals surface area (Å²) in [5.41, 5.74) is 6.78. The molecule has 0 saturated carbocycles. The summed E-state index contributed by atoms with van der Waals surface area (Å²) in [7, 11) is 0. The van der Waals surface area contributed by atoms with E-state index in [1.165, 1.54) is 0 Å². The fourth-order valence-corrected chi connectivity index (χ4v) is 1.12. The van der Waals surface area contributed by atoms with E-state index in [-0.39, 0.29) is 0 Å². The normalized spacial score (nSPS) is 10.1. The summed E-state index contributed by atoms with van der Waals surface area (Å²) in [6, 6.07) is 7.33. The first-order chi connectivity index (χ1) is 8.37. The van der Waals surface area contributed by atoms with Crippen LogP contribution in [-0.2, 0) is 11.3 Å². The molecule has 18 heavy (non-hydrogen) atoms. The van der Waals surface area contributed by atoms with Crippen LogP contribution in [0.4, 0.5) is 10.5 Å². The largest absolute Gasteiger partial charge is 0.444 e. The smallest absolute Gasteiger partial charge is 0.407 e. The van der Waals surface area contributed by atoms with Gasteiger partial charge in [-0.05, 0) is 38.5 Å². The maximum Gasteiger partial charge on any atom is 0.407 e. The highest BCUT2D eigenvalue weighted by atomic mass is 16.6. The van der Waals surface area contributed by atoms with Gasteiger partial charge in [-0.1, -0.05) is 26.0 Å². The van der Waals surface area contributed by atoms with Gasteiger partial charge in [-0.3, -0.25) is 0 Å². The summed E-state index contributed by atoms with van der Waals surface area (Å²) in [5, 5.41) is 2.67. The van der Waals surface area contributed by atoms with E-state index in [4.69, 9.17) is 10.5 Å². The zero-order valence-electron chi connectivity index (χ0n) is 11.9. The average Bonchev–Trinajstić information content (AvgIpc) is 2.29. The van der Waals surface area contributed by atoms with Crippen molar-refractivity contribution in [1.82, 2.24) is 5.32 Å². The second-order valence-corrected chi connectivity index (χ2v) is 4.60. The van der Waals surface area contributed by atoms with Crippen LogP contribution < -0.4 is 11.1 Å². The van der Waals surface area contributed by atoms with Gasteiger partial charge >= 0.3 is 6.09 Å². The molecule has 1 amide bonds. The summed E-state index contributed by atoms with van der Waals surface area (Å²) >= 11 is 0. The van der Waals surface area contributed by atoms with Crippen LogP contribution in [0.15, 0.2) is 24.3 Å². The van der Waals surface area contributed by atoms with Crippen molar-refractivity contribution in [1.29, 1.82) is 0 Å². The number of rotatable bonds is 2. The maximum atomic E-state index is 11.3. The summed E-state index contributed by atoms with van der Waals surface area (Å²) < 4.78 is 5.11. The Morgan fingerprint density at radius 2 is 1.72 bits per heavy atom. The van der Waals surface area contributed by atoms with Gasteiger partial charge < -0.3 is 15.8 Å². The molecule has 4 nitrogen and oxygen atoms in total. The molecule has 0 aromatic heterocycles. The van der Waals surface area contributed by atoms with Crippen LogP contribution in [0, 0.1) is 0 Å². The zero-order valence-corrected chi connectivity index (χ0v) is 11.9. The third-order valence-electron chi connectivity index (χ3n) is 1.82. The third kappa shape index (κ3) is 7.54. The van der Waals surface area contributed by atoms with Gasteiger partial charge in [0.1, 0.15) is 5.60 Å². The predicted octanol–water partition coefficient (Wildman–Crippen LogP) is 3.32. The van der Waals surface area contributed by atoms with Crippen LogP contribution >= 0.6 is 0 Å². The summed E-state index contributed by atoms with van der Waals surface area (Å²) in [6.07, 6.45) is -0.413. The van der Waals surface area contributed by atoms with E-state index in [0.717, 1.165) is 5.56 Å². The predicted molar refractivity (Wildman–Crippen MR) is 75.3 cm³/mol. The molecule has 1 rings (SSSR count). The Kier molecular flexibility index (Phi) is 6.86. The molecule has 0 fully saturated rings. The molecule has 1 aromatic carbocycles. The fourth-order valence-electron chi connectivity index (χ4n) is 1.12. The first-order valence-electron chi connectivity index (χ1n) is 6.18. The van der Waals surface area contributed by atoms with E-state index in [9.17, 15) is 4.79 Å². The number of anilines is 1. The van der Waals surface area contributed by atoms with E-state index in [2.05, 4.69) is 5.32 Å². The SMILES string of the molecule is CC.CC(C)(C)OC(=O)NCc1ccc(N)cc1. The van der Waals surface area contributed by atoms with Crippen molar-refractivity contribution in [2.24, 2.45) is 0 Å². The number of nitrogens with two attached hydrogens (primary N) is 1. The van der Waals surface area contributed by atoms with Crippen LogP contribution in [0.2, 0.25) is 0 Å². The number of hydrogen-bond acceptors (Lipinski definition) is 3.